The van der Waals surface area contributed by atoms with Gasteiger partial charge < -0.3 is 34.6 Å². The summed E-state index contributed by atoms with van der Waals surface area (Å²) in [7, 11) is 2.89. The number of benzene rings is 2. The number of phenolic OH excluding ortho intramolecular Hbond substituents is 3. The average molecular weight is 376 g/mol. The van der Waals surface area contributed by atoms with E-state index >= 15 is 0 Å². The SMILES string of the molecule is COc1cc(C[C@@H]2C[C@H](CO)C(c3cc(O)c(O)c(OC)c3)O2)ccc1O. The standard InChI is InChI=1S/C20H24O7/c1-25-17-6-11(3-4-15(17)22)5-14-7-13(10-21)20(27-14)12-8-16(23)19(24)18(9-12)26-2/h3-4,6,8-9,13-14,20-24H,5,7,10H2,1-2H3/t13-,14-,20?/m1/s1. The van der Waals surface area contributed by atoms with E-state index in [-0.39, 0.29) is 41.6 Å². The van der Waals surface area contributed by atoms with Crippen LogP contribution in [-0.4, -0.2) is 47.4 Å². The van der Waals surface area contributed by atoms with Gasteiger partial charge >= 0.3 is 0 Å². The summed E-state index contributed by atoms with van der Waals surface area (Å²) in [6, 6.07) is 8.17. The predicted octanol–water partition coefficient (Wildman–Crippen LogP) is 2.50. The third-order valence-electron chi connectivity index (χ3n) is 4.90. The lowest BCUT2D eigenvalue weighted by atomic mass is 9.93. The third kappa shape index (κ3) is 3.89. The fourth-order valence-electron chi connectivity index (χ4n) is 3.53. The maximum Gasteiger partial charge on any atom is 0.200 e. The Morgan fingerprint density at radius 3 is 2.41 bits per heavy atom. The number of aliphatic hydroxyl groups is 1. The van der Waals surface area contributed by atoms with Gasteiger partial charge in [-0.15, -0.1) is 0 Å². The van der Waals surface area contributed by atoms with E-state index in [9.17, 15) is 20.4 Å². The molecule has 3 atom stereocenters. The van der Waals surface area contributed by atoms with Gasteiger partial charge in [0.1, 0.15) is 0 Å². The van der Waals surface area contributed by atoms with Gasteiger partial charge in [0.15, 0.2) is 23.0 Å². The number of hydrogen-bond donors (Lipinski definition) is 4. The van der Waals surface area contributed by atoms with E-state index in [1.54, 1.807) is 24.3 Å². The Balaban J connectivity index is 1.80. The summed E-state index contributed by atoms with van der Waals surface area (Å²) in [6.07, 6.45) is 0.641. The van der Waals surface area contributed by atoms with Crippen LogP contribution < -0.4 is 9.47 Å². The lowest BCUT2D eigenvalue weighted by molar-refractivity contribution is 0.0257. The molecule has 7 heteroatoms. The van der Waals surface area contributed by atoms with E-state index in [1.807, 2.05) is 0 Å². The number of aliphatic hydroxyl groups excluding tert-OH is 1. The van der Waals surface area contributed by atoms with E-state index in [1.165, 1.54) is 20.3 Å². The molecule has 1 saturated heterocycles. The van der Waals surface area contributed by atoms with Crippen molar-refractivity contribution >= 4 is 0 Å². The average Bonchev–Trinajstić information content (AvgIpc) is 3.08. The molecule has 0 spiro atoms. The smallest absolute Gasteiger partial charge is 0.200 e. The molecule has 1 fully saturated rings. The molecule has 1 aliphatic heterocycles. The van der Waals surface area contributed by atoms with Gasteiger partial charge in [-0.2, -0.15) is 0 Å². The summed E-state index contributed by atoms with van der Waals surface area (Å²) < 4.78 is 16.4. The lowest BCUT2D eigenvalue weighted by Crippen LogP contribution is -2.11. The quantitative estimate of drug-likeness (QED) is 0.574. The molecule has 0 saturated carbocycles. The fraction of sp³-hybridized carbons (Fsp3) is 0.400. The van der Waals surface area contributed by atoms with Gasteiger partial charge in [0.2, 0.25) is 5.75 Å². The van der Waals surface area contributed by atoms with Crippen molar-refractivity contribution < 1.29 is 34.6 Å². The predicted molar refractivity (Wildman–Crippen MR) is 97.5 cm³/mol. The maximum absolute atomic E-state index is 9.93. The summed E-state index contributed by atoms with van der Waals surface area (Å²) >= 11 is 0. The van der Waals surface area contributed by atoms with E-state index in [4.69, 9.17) is 14.2 Å². The second-order valence-corrected chi connectivity index (χ2v) is 6.66. The summed E-state index contributed by atoms with van der Waals surface area (Å²) in [4.78, 5) is 0. The molecule has 27 heavy (non-hydrogen) atoms. The molecule has 0 aliphatic carbocycles. The van der Waals surface area contributed by atoms with Crippen molar-refractivity contribution in [2.45, 2.75) is 25.0 Å². The molecule has 0 aromatic heterocycles. The van der Waals surface area contributed by atoms with Crippen molar-refractivity contribution in [3.63, 3.8) is 0 Å². The number of ether oxygens (including phenoxy) is 3. The molecule has 7 nitrogen and oxygen atoms in total. The van der Waals surface area contributed by atoms with Crippen LogP contribution in [0.5, 0.6) is 28.7 Å². The van der Waals surface area contributed by atoms with E-state index in [0.717, 1.165) is 5.56 Å². The van der Waals surface area contributed by atoms with Crippen LogP contribution in [0.3, 0.4) is 0 Å². The van der Waals surface area contributed by atoms with Crippen LogP contribution in [0.15, 0.2) is 30.3 Å². The summed E-state index contributed by atoms with van der Waals surface area (Å²) in [5, 5.41) is 39.2. The maximum atomic E-state index is 9.93. The zero-order valence-corrected chi connectivity index (χ0v) is 15.3. The van der Waals surface area contributed by atoms with Crippen LogP contribution in [-0.2, 0) is 11.2 Å². The Morgan fingerprint density at radius 2 is 1.74 bits per heavy atom. The molecule has 1 aliphatic rings. The number of aromatic hydroxyl groups is 3. The minimum Gasteiger partial charge on any atom is -0.504 e. The highest BCUT2D eigenvalue weighted by atomic mass is 16.5. The van der Waals surface area contributed by atoms with Gasteiger partial charge in [-0.05, 0) is 48.2 Å². The summed E-state index contributed by atoms with van der Waals surface area (Å²) in [5.74, 6) is -0.149. The lowest BCUT2D eigenvalue weighted by Gasteiger charge is -2.19. The molecule has 4 N–H and O–H groups in total. The first-order valence-corrected chi connectivity index (χ1v) is 8.68. The zero-order valence-electron chi connectivity index (χ0n) is 15.3. The first-order valence-electron chi connectivity index (χ1n) is 8.68. The summed E-state index contributed by atoms with van der Waals surface area (Å²) in [5.41, 5.74) is 1.57. The Kier molecular flexibility index (Phi) is 5.62. The van der Waals surface area contributed by atoms with Gasteiger partial charge in [0.05, 0.1) is 26.4 Å². The molecular weight excluding hydrogens is 352 g/mol. The van der Waals surface area contributed by atoms with Gasteiger partial charge in [-0.25, -0.2) is 0 Å². The van der Waals surface area contributed by atoms with E-state index in [2.05, 4.69) is 0 Å². The monoisotopic (exact) mass is 376 g/mol. The van der Waals surface area contributed by atoms with Crippen molar-refractivity contribution in [3.8, 4) is 28.7 Å². The first kappa shape index (κ1) is 19.1. The van der Waals surface area contributed by atoms with Crippen molar-refractivity contribution in [2.24, 2.45) is 5.92 Å². The highest BCUT2D eigenvalue weighted by Gasteiger charge is 2.36. The van der Waals surface area contributed by atoms with Crippen molar-refractivity contribution in [2.75, 3.05) is 20.8 Å². The third-order valence-corrected chi connectivity index (χ3v) is 4.90. The topological polar surface area (TPSA) is 109 Å². The van der Waals surface area contributed by atoms with Gasteiger partial charge in [0.25, 0.3) is 0 Å². The van der Waals surface area contributed by atoms with Crippen LogP contribution in [0, 0.1) is 5.92 Å². The van der Waals surface area contributed by atoms with Crippen LogP contribution >= 0.6 is 0 Å². The van der Waals surface area contributed by atoms with Gasteiger partial charge in [0, 0.05) is 12.5 Å². The minimum atomic E-state index is -0.431. The number of methoxy groups -OCH3 is 2. The van der Waals surface area contributed by atoms with Crippen molar-refractivity contribution in [1.82, 2.24) is 0 Å². The molecule has 0 bridgehead atoms. The second-order valence-electron chi connectivity index (χ2n) is 6.66. The Bertz CT molecular complexity index is 805. The molecule has 146 valence electrons. The Morgan fingerprint density at radius 1 is 1.00 bits per heavy atom. The number of hydrogen-bond acceptors (Lipinski definition) is 7. The van der Waals surface area contributed by atoms with E-state index in [0.29, 0.717) is 24.2 Å². The van der Waals surface area contributed by atoms with Crippen LogP contribution in [0.2, 0.25) is 0 Å². The van der Waals surface area contributed by atoms with Gasteiger partial charge in [-0.1, -0.05) is 6.07 Å². The molecule has 3 rings (SSSR count). The zero-order chi connectivity index (χ0) is 19.6. The molecule has 1 heterocycles. The number of phenols is 3. The van der Waals surface area contributed by atoms with Crippen molar-refractivity contribution in [3.05, 3.63) is 41.5 Å². The van der Waals surface area contributed by atoms with Crippen LogP contribution in [0.4, 0.5) is 0 Å². The molecule has 0 radical (unpaired) electrons. The Labute approximate surface area is 157 Å². The van der Waals surface area contributed by atoms with Crippen LogP contribution in [0.25, 0.3) is 0 Å². The number of rotatable bonds is 6. The normalized spacial score (nSPS) is 22.0. The molecule has 0 amide bonds. The van der Waals surface area contributed by atoms with E-state index < -0.39 is 6.10 Å². The highest BCUT2D eigenvalue weighted by molar-refractivity contribution is 5.52. The highest BCUT2D eigenvalue weighted by Crippen LogP contribution is 2.44. The molecular formula is C20H24O7. The molecule has 1 unspecified atom stereocenters. The molecule has 2 aromatic carbocycles. The molecule has 2 aromatic rings. The largest absolute Gasteiger partial charge is 0.504 e. The fourth-order valence-corrected chi connectivity index (χ4v) is 3.53. The Hall–Kier alpha value is -2.64. The van der Waals surface area contributed by atoms with Crippen LogP contribution in [0.1, 0.15) is 23.7 Å². The van der Waals surface area contributed by atoms with Gasteiger partial charge in [-0.3, -0.25) is 0 Å². The second kappa shape index (κ2) is 7.94. The van der Waals surface area contributed by atoms with Crippen molar-refractivity contribution in [1.29, 1.82) is 0 Å². The summed E-state index contributed by atoms with van der Waals surface area (Å²) in [6.45, 7) is -0.0655. The minimum absolute atomic E-state index is 0.0655. The first-order chi connectivity index (χ1) is 13.0.